The summed E-state index contributed by atoms with van der Waals surface area (Å²) in [6.07, 6.45) is 4.25. The fourth-order valence-electron chi connectivity index (χ4n) is 1.44. The summed E-state index contributed by atoms with van der Waals surface area (Å²) in [5.74, 6) is 0.880. The molecule has 0 saturated heterocycles. The van der Waals surface area contributed by atoms with E-state index in [1.807, 2.05) is 30.3 Å². The van der Waals surface area contributed by atoms with Crippen LogP contribution in [0.3, 0.4) is 0 Å². The first kappa shape index (κ1) is 10.5. The molecule has 0 spiro atoms. The van der Waals surface area contributed by atoms with Gasteiger partial charge >= 0.3 is 0 Å². The molecule has 0 aliphatic rings. The number of hydrogen-bond acceptors (Lipinski definition) is 3. The number of aromatic nitrogens is 1. The summed E-state index contributed by atoms with van der Waals surface area (Å²) in [7, 11) is 0. The number of anilines is 1. The lowest BCUT2D eigenvalue weighted by molar-refractivity contribution is 0.322. The van der Waals surface area contributed by atoms with Crippen LogP contribution in [0, 0.1) is 0 Å². The molecule has 0 aliphatic heterocycles. The molecule has 82 valence electrons. The van der Waals surface area contributed by atoms with Gasteiger partial charge in [0.1, 0.15) is 5.75 Å². The van der Waals surface area contributed by atoms with Gasteiger partial charge in [0, 0.05) is 24.5 Å². The van der Waals surface area contributed by atoms with Crippen molar-refractivity contribution in [3.63, 3.8) is 0 Å². The molecule has 0 atom stereocenters. The molecule has 2 aromatic rings. The van der Waals surface area contributed by atoms with Gasteiger partial charge in [0.2, 0.25) is 0 Å². The van der Waals surface area contributed by atoms with Crippen molar-refractivity contribution >= 4 is 5.69 Å². The quantitative estimate of drug-likeness (QED) is 0.849. The zero-order valence-corrected chi connectivity index (χ0v) is 8.97. The number of rotatable bonds is 4. The third-order valence-electron chi connectivity index (χ3n) is 2.32. The van der Waals surface area contributed by atoms with Crippen molar-refractivity contribution in [1.82, 2.24) is 4.98 Å². The number of hydrogen-bond donors (Lipinski definition) is 1. The average molecular weight is 214 g/mol. The molecule has 0 saturated carbocycles. The average Bonchev–Trinajstić information content (AvgIpc) is 2.33. The number of pyridine rings is 1. The predicted molar refractivity (Wildman–Crippen MR) is 64.3 cm³/mol. The standard InChI is InChI=1S/C13H14N2O/c14-13-6-8-15-10-11(13)7-9-16-12-4-2-1-3-5-12/h1-6,8,10H,7,9H2,(H2,14,15). The van der Waals surface area contributed by atoms with Crippen molar-refractivity contribution in [3.8, 4) is 5.75 Å². The predicted octanol–water partition coefficient (Wildman–Crippen LogP) is 2.29. The van der Waals surface area contributed by atoms with Gasteiger partial charge in [-0.15, -0.1) is 0 Å². The Morgan fingerprint density at radius 3 is 2.69 bits per heavy atom. The first-order valence-electron chi connectivity index (χ1n) is 5.22. The van der Waals surface area contributed by atoms with Gasteiger partial charge in [-0.05, 0) is 23.8 Å². The Balaban J connectivity index is 1.87. The maximum absolute atomic E-state index is 5.80. The smallest absolute Gasteiger partial charge is 0.119 e. The van der Waals surface area contributed by atoms with Crippen molar-refractivity contribution < 1.29 is 4.74 Å². The number of para-hydroxylation sites is 1. The minimum atomic E-state index is 0.611. The van der Waals surface area contributed by atoms with Gasteiger partial charge in [-0.1, -0.05) is 18.2 Å². The summed E-state index contributed by atoms with van der Waals surface area (Å²) in [4.78, 5) is 4.04. The molecule has 0 aliphatic carbocycles. The van der Waals surface area contributed by atoms with Gasteiger partial charge < -0.3 is 10.5 Å². The van der Waals surface area contributed by atoms with E-state index in [1.54, 1.807) is 18.5 Å². The highest BCUT2D eigenvalue weighted by Crippen LogP contribution is 2.12. The van der Waals surface area contributed by atoms with Crippen molar-refractivity contribution in [3.05, 3.63) is 54.4 Å². The van der Waals surface area contributed by atoms with E-state index in [1.165, 1.54) is 0 Å². The van der Waals surface area contributed by atoms with E-state index < -0.39 is 0 Å². The van der Waals surface area contributed by atoms with Crippen LogP contribution < -0.4 is 10.5 Å². The largest absolute Gasteiger partial charge is 0.493 e. The molecule has 16 heavy (non-hydrogen) atoms. The molecule has 0 unspecified atom stereocenters. The lowest BCUT2D eigenvalue weighted by Crippen LogP contribution is -2.04. The molecule has 1 aromatic heterocycles. The summed E-state index contributed by atoms with van der Waals surface area (Å²) in [5, 5.41) is 0. The van der Waals surface area contributed by atoms with E-state index in [9.17, 15) is 0 Å². The number of nitrogens with zero attached hydrogens (tertiary/aromatic N) is 1. The second-order valence-corrected chi connectivity index (χ2v) is 3.49. The number of nitrogen functional groups attached to an aromatic ring is 1. The molecule has 3 nitrogen and oxygen atoms in total. The Morgan fingerprint density at radius 1 is 1.12 bits per heavy atom. The Labute approximate surface area is 94.9 Å². The lowest BCUT2D eigenvalue weighted by Gasteiger charge is -2.07. The fourth-order valence-corrected chi connectivity index (χ4v) is 1.44. The van der Waals surface area contributed by atoms with Crippen LogP contribution in [-0.2, 0) is 6.42 Å². The summed E-state index contributed by atoms with van der Waals surface area (Å²) >= 11 is 0. The van der Waals surface area contributed by atoms with E-state index in [4.69, 9.17) is 10.5 Å². The third-order valence-corrected chi connectivity index (χ3v) is 2.32. The molecule has 2 N–H and O–H groups in total. The lowest BCUT2D eigenvalue weighted by atomic mass is 10.2. The highest BCUT2D eigenvalue weighted by molar-refractivity contribution is 5.44. The van der Waals surface area contributed by atoms with E-state index >= 15 is 0 Å². The highest BCUT2D eigenvalue weighted by Gasteiger charge is 1.98. The molecule has 0 radical (unpaired) electrons. The summed E-state index contributed by atoms with van der Waals surface area (Å²) in [6, 6.07) is 11.5. The van der Waals surface area contributed by atoms with Crippen molar-refractivity contribution in [1.29, 1.82) is 0 Å². The van der Waals surface area contributed by atoms with Gasteiger partial charge in [0.05, 0.1) is 6.61 Å². The van der Waals surface area contributed by atoms with E-state index in [2.05, 4.69) is 4.98 Å². The minimum Gasteiger partial charge on any atom is -0.493 e. The zero-order chi connectivity index (χ0) is 11.2. The van der Waals surface area contributed by atoms with E-state index in [0.29, 0.717) is 6.61 Å². The second-order valence-electron chi connectivity index (χ2n) is 3.49. The summed E-state index contributed by atoms with van der Waals surface area (Å²) < 4.78 is 5.58. The molecular weight excluding hydrogens is 200 g/mol. The Kier molecular flexibility index (Phi) is 3.38. The van der Waals surface area contributed by atoms with Crippen LogP contribution in [0.15, 0.2) is 48.8 Å². The van der Waals surface area contributed by atoms with Crippen LogP contribution in [0.4, 0.5) is 5.69 Å². The van der Waals surface area contributed by atoms with Crippen molar-refractivity contribution in [2.24, 2.45) is 0 Å². The third kappa shape index (κ3) is 2.73. The molecular formula is C13H14N2O. The number of benzene rings is 1. The normalized spacial score (nSPS) is 10.0. The molecule has 0 amide bonds. The SMILES string of the molecule is Nc1ccncc1CCOc1ccccc1. The fraction of sp³-hybridized carbons (Fsp3) is 0.154. The van der Waals surface area contributed by atoms with E-state index in [0.717, 1.165) is 23.4 Å². The first-order valence-corrected chi connectivity index (χ1v) is 5.22. The van der Waals surface area contributed by atoms with Crippen LogP contribution in [-0.4, -0.2) is 11.6 Å². The van der Waals surface area contributed by atoms with Crippen molar-refractivity contribution in [2.45, 2.75) is 6.42 Å². The Hall–Kier alpha value is -2.03. The monoisotopic (exact) mass is 214 g/mol. The van der Waals surface area contributed by atoms with Crippen LogP contribution in [0.5, 0.6) is 5.75 Å². The molecule has 1 heterocycles. The second kappa shape index (κ2) is 5.16. The van der Waals surface area contributed by atoms with Crippen molar-refractivity contribution in [2.75, 3.05) is 12.3 Å². The Morgan fingerprint density at radius 2 is 1.94 bits per heavy atom. The number of ether oxygens (including phenoxy) is 1. The summed E-state index contributed by atoms with van der Waals surface area (Å²) in [6.45, 7) is 0.611. The zero-order valence-electron chi connectivity index (χ0n) is 8.97. The molecule has 3 heteroatoms. The molecule has 0 fully saturated rings. The van der Waals surface area contributed by atoms with Gasteiger partial charge in [-0.3, -0.25) is 4.98 Å². The van der Waals surface area contributed by atoms with Crippen LogP contribution in [0.2, 0.25) is 0 Å². The molecule has 0 bridgehead atoms. The Bertz CT molecular complexity index is 443. The van der Waals surface area contributed by atoms with Gasteiger partial charge in [0.25, 0.3) is 0 Å². The maximum atomic E-state index is 5.80. The van der Waals surface area contributed by atoms with Gasteiger partial charge in [-0.2, -0.15) is 0 Å². The topological polar surface area (TPSA) is 48.1 Å². The van der Waals surface area contributed by atoms with E-state index in [-0.39, 0.29) is 0 Å². The maximum Gasteiger partial charge on any atom is 0.119 e. The number of nitrogens with two attached hydrogens (primary N) is 1. The minimum absolute atomic E-state index is 0.611. The van der Waals surface area contributed by atoms with Gasteiger partial charge in [-0.25, -0.2) is 0 Å². The molecule has 1 aromatic carbocycles. The van der Waals surface area contributed by atoms with Crippen LogP contribution in [0.25, 0.3) is 0 Å². The first-order chi connectivity index (χ1) is 7.86. The van der Waals surface area contributed by atoms with Crippen LogP contribution in [0.1, 0.15) is 5.56 Å². The van der Waals surface area contributed by atoms with Gasteiger partial charge in [0.15, 0.2) is 0 Å². The van der Waals surface area contributed by atoms with Crippen LogP contribution >= 0.6 is 0 Å². The summed E-state index contributed by atoms with van der Waals surface area (Å²) in [5.41, 5.74) is 7.60. The molecule has 2 rings (SSSR count). The highest BCUT2D eigenvalue weighted by atomic mass is 16.5.